The van der Waals surface area contributed by atoms with Gasteiger partial charge in [-0.25, -0.2) is 8.78 Å². The van der Waals surface area contributed by atoms with Crippen LogP contribution in [0.2, 0.25) is 0 Å². The fraction of sp³-hybridized carbons (Fsp3) is 0.259. The van der Waals surface area contributed by atoms with E-state index < -0.39 is 11.6 Å². The number of fused-ring (bicyclic) bond motifs is 1. The van der Waals surface area contributed by atoms with Gasteiger partial charge in [-0.1, -0.05) is 24.3 Å². The minimum atomic E-state index is -0.589. The highest BCUT2D eigenvalue weighted by Gasteiger charge is 2.38. The molecule has 1 fully saturated rings. The molecule has 180 valence electrons. The first-order valence-electron chi connectivity index (χ1n) is 11.5. The third kappa shape index (κ3) is 4.49. The van der Waals surface area contributed by atoms with E-state index in [0.29, 0.717) is 55.2 Å². The fourth-order valence-corrected chi connectivity index (χ4v) is 4.67. The molecule has 0 aromatic heterocycles. The topological polar surface area (TPSA) is 53.1 Å². The van der Waals surface area contributed by atoms with Crippen molar-refractivity contribution in [1.29, 1.82) is 0 Å². The summed E-state index contributed by atoms with van der Waals surface area (Å²) in [6, 6.07) is 16.3. The number of piperazine rings is 1. The number of amides is 2. The molecule has 2 aliphatic rings. The van der Waals surface area contributed by atoms with E-state index in [4.69, 9.17) is 4.74 Å². The number of methoxy groups -OCH3 is 1. The second kappa shape index (κ2) is 9.46. The Kier molecular flexibility index (Phi) is 6.21. The molecule has 0 atom stereocenters. The van der Waals surface area contributed by atoms with Gasteiger partial charge in [-0.3, -0.25) is 19.4 Å². The summed E-state index contributed by atoms with van der Waals surface area (Å²) in [6.45, 7) is 3.13. The zero-order chi connectivity index (χ0) is 24.5. The largest absolute Gasteiger partial charge is 0.497 e. The molecule has 3 aromatic rings. The zero-order valence-corrected chi connectivity index (χ0v) is 19.3. The van der Waals surface area contributed by atoms with E-state index in [-0.39, 0.29) is 18.4 Å². The Morgan fingerprint density at radius 2 is 1.60 bits per heavy atom. The monoisotopic (exact) mass is 477 g/mol. The lowest BCUT2D eigenvalue weighted by Gasteiger charge is -2.36. The second-order valence-corrected chi connectivity index (χ2v) is 8.74. The van der Waals surface area contributed by atoms with Crippen LogP contribution in [-0.2, 0) is 13.1 Å². The smallest absolute Gasteiger partial charge is 0.263 e. The molecule has 0 aliphatic carbocycles. The van der Waals surface area contributed by atoms with Crippen LogP contribution in [-0.4, -0.2) is 54.9 Å². The van der Waals surface area contributed by atoms with Crippen LogP contribution in [0.5, 0.6) is 5.75 Å². The molecular formula is C27H25F2N3O3. The van der Waals surface area contributed by atoms with Crippen LogP contribution >= 0.6 is 0 Å². The second-order valence-electron chi connectivity index (χ2n) is 8.74. The van der Waals surface area contributed by atoms with Crippen LogP contribution < -0.4 is 9.64 Å². The molecule has 1 saturated heterocycles. The predicted molar refractivity (Wildman–Crippen MR) is 127 cm³/mol. The summed E-state index contributed by atoms with van der Waals surface area (Å²) >= 11 is 0. The Hall–Kier alpha value is -3.78. The van der Waals surface area contributed by atoms with E-state index in [1.807, 2.05) is 18.2 Å². The van der Waals surface area contributed by atoms with Gasteiger partial charge in [-0.2, -0.15) is 0 Å². The molecule has 0 radical (unpaired) electrons. The molecule has 35 heavy (non-hydrogen) atoms. The van der Waals surface area contributed by atoms with Gasteiger partial charge in [0, 0.05) is 44.4 Å². The van der Waals surface area contributed by atoms with E-state index in [0.717, 1.165) is 17.3 Å². The summed E-state index contributed by atoms with van der Waals surface area (Å²) < 4.78 is 32.4. The third-order valence-electron chi connectivity index (χ3n) is 6.60. The summed E-state index contributed by atoms with van der Waals surface area (Å²) in [6.07, 6.45) is 0. The number of hydrogen-bond acceptors (Lipinski definition) is 5. The van der Waals surface area contributed by atoms with Crippen LogP contribution in [0.4, 0.5) is 14.5 Å². The first-order valence-corrected chi connectivity index (χ1v) is 11.5. The normalized spacial score (nSPS) is 16.1. The summed E-state index contributed by atoms with van der Waals surface area (Å²) in [7, 11) is 1.58. The van der Waals surface area contributed by atoms with Crippen molar-refractivity contribution in [3.05, 3.63) is 94.6 Å². The molecule has 3 aromatic carbocycles. The lowest BCUT2D eigenvalue weighted by Crippen LogP contribution is -2.46. The Bertz CT molecular complexity index is 1270. The maximum Gasteiger partial charge on any atom is 0.263 e. The van der Waals surface area contributed by atoms with Crippen molar-refractivity contribution in [1.82, 2.24) is 9.80 Å². The van der Waals surface area contributed by atoms with Gasteiger partial charge in [0.2, 0.25) is 0 Å². The van der Waals surface area contributed by atoms with Crippen LogP contribution in [0.25, 0.3) is 0 Å². The Morgan fingerprint density at radius 3 is 2.29 bits per heavy atom. The van der Waals surface area contributed by atoms with E-state index in [9.17, 15) is 18.4 Å². The number of hydrogen-bond donors (Lipinski definition) is 0. The van der Waals surface area contributed by atoms with Crippen molar-refractivity contribution < 1.29 is 23.1 Å². The fourth-order valence-electron chi connectivity index (χ4n) is 4.67. The predicted octanol–water partition coefficient (Wildman–Crippen LogP) is 4.09. The first-order chi connectivity index (χ1) is 16.9. The van der Waals surface area contributed by atoms with Crippen molar-refractivity contribution >= 4 is 17.5 Å². The Labute approximate surface area is 202 Å². The summed E-state index contributed by atoms with van der Waals surface area (Å²) in [5.74, 6) is -1.02. The number of rotatable bonds is 6. The highest BCUT2D eigenvalue weighted by atomic mass is 19.1. The average Bonchev–Trinajstić information content (AvgIpc) is 3.11. The molecular weight excluding hydrogens is 452 g/mol. The van der Waals surface area contributed by atoms with Crippen molar-refractivity contribution in [3.8, 4) is 5.75 Å². The number of imide groups is 1. The molecule has 2 amide bonds. The quantitative estimate of drug-likeness (QED) is 0.501. The lowest BCUT2D eigenvalue weighted by molar-refractivity contribution is 0.0642. The third-order valence-corrected chi connectivity index (χ3v) is 6.60. The lowest BCUT2D eigenvalue weighted by atomic mass is 10.1. The van der Waals surface area contributed by atoms with Crippen molar-refractivity contribution in [2.24, 2.45) is 0 Å². The highest BCUT2D eigenvalue weighted by molar-refractivity contribution is 6.23. The molecule has 0 unspecified atom stereocenters. The maximum absolute atomic E-state index is 14.1. The van der Waals surface area contributed by atoms with E-state index in [2.05, 4.69) is 9.80 Å². The summed E-state index contributed by atoms with van der Waals surface area (Å²) in [4.78, 5) is 31.9. The van der Waals surface area contributed by atoms with Crippen molar-refractivity contribution in [3.63, 3.8) is 0 Å². The molecule has 6 nitrogen and oxygen atoms in total. The Balaban J connectivity index is 1.29. The molecule has 0 spiro atoms. The van der Waals surface area contributed by atoms with Gasteiger partial charge >= 0.3 is 0 Å². The first kappa shape index (κ1) is 23.0. The zero-order valence-electron chi connectivity index (χ0n) is 19.3. The molecule has 2 aliphatic heterocycles. The van der Waals surface area contributed by atoms with Gasteiger partial charge in [-0.05, 0) is 35.9 Å². The van der Waals surface area contributed by atoms with Crippen LogP contribution in [0.1, 0.15) is 31.8 Å². The van der Waals surface area contributed by atoms with Crippen LogP contribution in [0.3, 0.4) is 0 Å². The van der Waals surface area contributed by atoms with Crippen LogP contribution in [0.15, 0.2) is 60.7 Å². The van der Waals surface area contributed by atoms with Gasteiger partial charge in [0.15, 0.2) is 0 Å². The minimum Gasteiger partial charge on any atom is -0.497 e. The number of ether oxygens (including phenoxy) is 1. The SMILES string of the molecule is COc1ccc(CN2C(=O)c3cccc(N4CCN(Cc5ccc(F)cc5F)CC4)c3C2=O)cc1. The van der Waals surface area contributed by atoms with Crippen molar-refractivity contribution in [2.45, 2.75) is 13.1 Å². The number of anilines is 1. The van der Waals surface area contributed by atoms with Crippen molar-refractivity contribution in [2.75, 3.05) is 38.2 Å². The minimum absolute atomic E-state index is 0.187. The van der Waals surface area contributed by atoms with E-state index >= 15 is 0 Å². The molecule has 8 heteroatoms. The van der Waals surface area contributed by atoms with Gasteiger partial charge in [-0.15, -0.1) is 0 Å². The number of benzene rings is 3. The van der Waals surface area contributed by atoms with E-state index in [1.54, 1.807) is 31.4 Å². The average molecular weight is 478 g/mol. The summed E-state index contributed by atoms with van der Waals surface area (Å²) in [5.41, 5.74) is 2.88. The number of carbonyl (C=O) groups excluding carboxylic acids is 2. The molecule has 5 rings (SSSR count). The molecule has 2 heterocycles. The van der Waals surface area contributed by atoms with Gasteiger partial charge in [0.25, 0.3) is 11.8 Å². The van der Waals surface area contributed by atoms with Gasteiger partial charge in [0.05, 0.1) is 30.5 Å². The maximum atomic E-state index is 14.1. The number of halogens is 2. The molecule has 0 bridgehead atoms. The standard InChI is InChI=1S/C27H25F2N3O3/c1-35-21-9-5-18(6-10-21)16-32-26(33)22-3-2-4-24(25(22)27(32)34)31-13-11-30(12-14-31)17-19-7-8-20(28)15-23(19)29/h2-10,15H,11-14,16-17H2,1H3. The van der Waals surface area contributed by atoms with Gasteiger partial charge < -0.3 is 9.64 Å². The molecule has 0 N–H and O–H groups in total. The molecule has 0 saturated carbocycles. The van der Waals surface area contributed by atoms with E-state index in [1.165, 1.54) is 17.0 Å². The number of carbonyl (C=O) groups is 2. The number of nitrogens with zero attached hydrogens (tertiary/aromatic N) is 3. The van der Waals surface area contributed by atoms with Crippen LogP contribution in [0, 0.1) is 11.6 Å². The van der Waals surface area contributed by atoms with Gasteiger partial charge in [0.1, 0.15) is 17.4 Å². The Morgan fingerprint density at radius 1 is 0.857 bits per heavy atom. The summed E-state index contributed by atoms with van der Waals surface area (Å²) in [5, 5.41) is 0. The highest BCUT2D eigenvalue weighted by Crippen LogP contribution is 2.33.